The molecule has 2 aromatic heterocycles. The lowest BCUT2D eigenvalue weighted by molar-refractivity contribution is 0.432. The SMILES string of the molecule is Cc1cscc1-c1noc(-c2ccc(Br)c(N)c2)n1. The second-order valence-corrected chi connectivity index (χ2v) is 5.73. The molecule has 0 radical (unpaired) electrons. The van der Waals surface area contributed by atoms with Crippen LogP contribution in [0.15, 0.2) is 38.0 Å². The van der Waals surface area contributed by atoms with E-state index in [1.807, 2.05) is 30.5 Å². The first-order chi connectivity index (χ1) is 9.15. The number of hydrogen-bond donors (Lipinski definition) is 1. The maximum atomic E-state index is 5.85. The Balaban J connectivity index is 2.01. The maximum Gasteiger partial charge on any atom is 0.258 e. The van der Waals surface area contributed by atoms with Gasteiger partial charge in [0.15, 0.2) is 0 Å². The minimum absolute atomic E-state index is 0.472. The number of rotatable bonds is 2. The third-order valence-electron chi connectivity index (χ3n) is 2.77. The van der Waals surface area contributed by atoms with Crippen molar-refractivity contribution in [3.63, 3.8) is 0 Å². The van der Waals surface area contributed by atoms with E-state index in [2.05, 4.69) is 31.5 Å². The Morgan fingerprint density at radius 2 is 2.16 bits per heavy atom. The molecule has 2 N–H and O–H groups in total. The van der Waals surface area contributed by atoms with Crippen molar-refractivity contribution in [3.05, 3.63) is 39.0 Å². The molecule has 0 saturated heterocycles. The van der Waals surface area contributed by atoms with Gasteiger partial charge in [0.1, 0.15) is 0 Å². The van der Waals surface area contributed by atoms with Gasteiger partial charge in [-0.05, 0) is 52.0 Å². The number of hydrogen-bond acceptors (Lipinski definition) is 5. The van der Waals surface area contributed by atoms with Crippen LogP contribution in [0.5, 0.6) is 0 Å². The van der Waals surface area contributed by atoms with Crippen LogP contribution < -0.4 is 5.73 Å². The van der Waals surface area contributed by atoms with E-state index in [1.54, 1.807) is 11.3 Å². The summed E-state index contributed by atoms with van der Waals surface area (Å²) >= 11 is 4.98. The Kier molecular flexibility index (Phi) is 3.12. The molecule has 0 unspecified atom stereocenters. The smallest absolute Gasteiger partial charge is 0.258 e. The Hall–Kier alpha value is -1.66. The van der Waals surface area contributed by atoms with Gasteiger partial charge in [-0.3, -0.25) is 0 Å². The summed E-state index contributed by atoms with van der Waals surface area (Å²) in [6, 6.07) is 5.56. The van der Waals surface area contributed by atoms with Gasteiger partial charge < -0.3 is 10.3 Å². The fourth-order valence-electron chi connectivity index (χ4n) is 1.72. The van der Waals surface area contributed by atoms with E-state index in [4.69, 9.17) is 10.3 Å². The predicted molar refractivity (Wildman–Crippen MR) is 79.9 cm³/mol. The van der Waals surface area contributed by atoms with Gasteiger partial charge >= 0.3 is 0 Å². The fourth-order valence-corrected chi connectivity index (χ4v) is 2.79. The maximum absolute atomic E-state index is 5.85. The van der Waals surface area contributed by atoms with Gasteiger partial charge in [-0.2, -0.15) is 16.3 Å². The summed E-state index contributed by atoms with van der Waals surface area (Å²) in [5, 5.41) is 8.09. The largest absolute Gasteiger partial charge is 0.398 e. The first-order valence-corrected chi connectivity index (χ1v) is 7.31. The van der Waals surface area contributed by atoms with Gasteiger partial charge in [-0.25, -0.2) is 0 Å². The molecule has 0 aliphatic rings. The van der Waals surface area contributed by atoms with Crippen molar-refractivity contribution in [2.45, 2.75) is 6.92 Å². The highest BCUT2D eigenvalue weighted by molar-refractivity contribution is 9.10. The summed E-state index contributed by atoms with van der Waals surface area (Å²) in [7, 11) is 0. The number of nitrogens with two attached hydrogens (primary N) is 1. The van der Waals surface area contributed by atoms with Crippen LogP contribution in [0, 0.1) is 6.92 Å². The average Bonchev–Trinajstić information content (AvgIpc) is 3.01. The molecule has 0 bridgehead atoms. The van der Waals surface area contributed by atoms with Crippen molar-refractivity contribution >= 4 is 33.0 Å². The highest BCUT2D eigenvalue weighted by Gasteiger charge is 2.13. The Labute approximate surface area is 122 Å². The van der Waals surface area contributed by atoms with Crippen molar-refractivity contribution in [1.82, 2.24) is 10.1 Å². The lowest BCUT2D eigenvalue weighted by atomic mass is 10.2. The van der Waals surface area contributed by atoms with Crippen LogP contribution in [0.2, 0.25) is 0 Å². The normalized spacial score (nSPS) is 10.8. The lowest BCUT2D eigenvalue weighted by Crippen LogP contribution is -1.87. The number of thiophene rings is 1. The number of nitrogens with zero attached hydrogens (tertiary/aromatic N) is 2. The van der Waals surface area contributed by atoms with Crippen molar-refractivity contribution in [1.29, 1.82) is 0 Å². The van der Waals surface area contributed by atoms with Gasteiger partial charge in [0.05, 0.1) is 0 Å². The van der Waals surface area contributed by atoms with E-state index in [0.717, 1.165) is 21.2 Å². The standard InChI is InChI=1S/C13H10BrN3OS/c1-7-5-19-6-9(7)12-16-13(18-17-12)8-2-3-10(14)11(15)4-8/h2-6H,15H2,1H3. The molecule has 19 heavy (non-hydrogen) atoms. The zero-order valence-electron chi connectivity index (χ0n) is 10.1. The van der Waals surface area contributed by atoms with Crippen LogP contribution in [0.1, 0.15) is 5.56 Å². The summed E-state index contributed by atoms with van der Waals surface area (Å²) in [4.78, 5) is 4.41. The van der Waals surface area contributed by atoms with Crippen molar-refractivity contribution < 1.29 is 4.52 Å². The molecule has 2 heterocycles. The van der Waals surface area contributed by atoms with Crippen LogP contribution >= 0.6 is 27.3 Å². The molecule has 0 aliphatic heterocycles. The first-order valence-electron chi connectivity index (χ1n) is 5.57. The van der Waals surface area contributed by atoms with Gasteiger partial charge in [0.2, 0.25) is 5.82 Å². The van der Waals surface area contributed by atoms with E-state index in [0.29, 0.717) is 17.4 Å². The molecule has 3 aromatic rings. The molecule has 1 aromatic carbocycles. The molecular weight excluding hydrogens is 326 g/mol. The second-order valence-electron chi connectivity index (χ2n) is 4.13. The first kappa shape index (κ1) is 12.4. The second kappa shape index (κ2) is 4.79. The molecule has 0 amide bonds. The van der Waals surface area contributed by atoms with E-state index >= 15 is 0 Å². The van der Waals surface area contributed by atoms with Crippen molar-refractivity contribution in [2.75, 3.05) is 5.73 Å². The molecule has 0 fully saturated rings. The van der Waals surface area contributed by atoms with Crippen molar-refractivity contribution in [2.24, 2.45) is 0 Å². The zero-order chi connectivity index (χ0) is 13.4. The summed E-state index contributed by atoms with van der Waals surface area (Å²) in [6.07, 6.45) is 0. The summed E-state index contributed by atoms with van der Waals surface area (Å²) in [6.45, 7) is 2.03. The van der Waals surface area contributed by atoms with Gasteiger partial charge in [0, 0.05) is 26.7 Å². The molecule has 4 nitrogen and oxygen atoms in total. The van der Waals surface area contributed by atoms with Crippen LogP contribution in [-0.2, 0) is 0 Å². The minimum atomic E-state index is 0.472. The monoisotopic (exact) mass is 335 g/mol. The van der Waals surface area contributed by atoms with E-state index < -0.39 is 0 Å². The molecule has 0 atom stereocenters. The number of benzene rings is 1. The van der Waals surface area contributed by atoms with Gasteiger partial charge in [0.25, 0.3) is 5.89 Å². The molecule has 3 rings (SSSR count). The highest BCUT2D eigenvalue weighted by Crippen LogP contribution is 2.29. The summed E-state index contributed by atoms with van der Waals surface area (Å²) in [5.74, 6) is 1.08. The molecule has 6 heteroatoms. The van der Waals surface area contributed by atoms with Gasteiger partial charge in [-0.15, -0.1) is 0 Å². The third kappa shape index (κ3) is 2.29. The molecule has 0 spiro atoms. The number of nitrogen functional groups attached to an aromatic ring is 1. The topological polar surface area (TPSA) is 64.9 Å². The molecule has 0 aliphatic carbocycles. The molecule has 0 saturated carbocycles. The fraction of sp³-hybridized carbons (Fsp3) is 0.0769. The Morgan fingerprint density at radius 1 is 1.32 bits per heavy atom. The number of halogens is 1. The number of aromatic nitrogens is 2. The Morgan fingerprint density at radius 3 is 2.84 bits per heavy atom. The number of aryl methyl sites for hydroxylation is 1. The lowest BCUT2D eigenvalue weighted by Gasteiger charge is -1.99. The van der Waals surface area contributed by atoms with E-state index in [9.17, 15) is 0 Å². The Bertz CT molecular complexity index is 735. The predicted octanol–water partition coefficient (Wildman–Crippen LogP) is 4.12. The van der Waals surface area contributed by atoms with E-state index in [1.165, 1.54) is 0 Å². The van der Waals surface area contributed by atoms with Crippen LogP contribution in [0.4, 0.5) is 5.69 Å². The highest BCUT2D eigenvalue weighted by atomic mass is 79.9. The van der Waals surface area contributed by atoms with Crippen molar-refractivity contribution in [3.8, 4) is 22.8 Å². The van der Waals surface area contributed by atoms with Crippen LogP contribution in [0.25, 0.3) is 22.8 Å². The van der Waals surface area contributed by atoms with E-state index in [-0.39, 0.29) is 0 Å². The summed E-state index contributed by atoms with van der Waals surface area (Å²) < 4.78 is 6.15. The zero-order valence-corrected chi connectivity index (χ0v) is 12.5. The van der Waals surface area contributed by atoms with Crippen LogP contribution in [0.3, 0.4) is 0 Å². The number of anilines is 1. The molecular formula is C13H10BrN3OS. The molecule has 96 valence electrons. The quantitative estimate of drug-likeness (QED) is 0.715. The summed E-state index contributed by atoms with van der Waals surface area (Å²) in [5.41, 5.74) is 9.45. The minimum Gasteiger partial charge on any atom is -0.398 e. The average molecular weight is 336 g/mol. The van der Waals surface area contributed by atoms with Crippen LogP contribution in [-0.4, -0.2) is 10.1 Å². The third-order valence-corrected chi connectivity index (χ3v) is 4.35. The van der Waals surface area contributed by atoms with Gasteiger partial charge in [-0.1, -0.05) is 5.16 Å².